The van der Waals surface area contributed by atoms with Gasteiger partial charge in [-0.1, -0.05) is 18.2 Å². The van der Waals surface area contributed by atoms with E-state index in [1.165, 1.54) is 0 Å². The molecule has 0 N–H and O–H groups in total. The molecule has 0 amide bonds. The lowest BCUT2D eigenvalue weighted by atomic mass is 10.2. The molecule has 0 atom stereocenters. The first-order valence-corrected chi connectivity index (χ1v) is 7.28. The number of ether oxygens (including phenoxy) is 1. The Morgan fingerprint density at radius 2 is 2.11 bits per heavy atom. The van der Waals surface area contributed by atoms with E-state index in [-0.39, 0.29) is 5.97 Å². The maximum Gasteiger partial charge on any atom is 0.305 e. The van der Waals surface area contributed by atoms with Crippen LogP contribution in [-0.4, -0.2) is 33.1 Å². The largest absolute Gasteiger partial charge is 0.466 e. The summed E-state index contributed by atoms with van der Waals surface area (Å²) >= 11 is 1.71. The third-order valence-corrected chi connectivity index (χ3v) is 3.72. The van der Waals surface area contributed by atoms with Gasteiger partial charge < -0.3 is 9.30 Å². The molecule has 1 aromatic rings. The van der Waals surface area contributed by atoms with Crippen molar-refractivity contribution in [3.63, 3.8) is 0 Å². The molecule has 1 heterocycles. The smallest absolute Gasteiger partial charge is 0.305 e. The van der Waals surface area contributed by atoms with E-state index in [0.29, 0.717) is 13.0 Å². The summed E-state index contributed by atoms with van der Waals surface area (Å²) in [5.74, 6) is 1.85. The average Bonchev–Trinajstić information content (AvgIpc) is 2.65. The monoisotopic (exact) mass is 271 g/mol. The number of hydrogen-bond donors (Lipinski definition) is 0. The van der Waals surface area contributed by atoms with Crippen LogP contribution in [0.1, 0.15) is 38.4 Å². The minimum absolute atomic E-state index is 0.0888. The van der Waals surface area contributed by atoms with Crippen LogP contribution in [0.2, 0.25) is 0 Å². The molecule has 102 valence electrons. The number of esters is 1. The van der Waals surface area contributed by atoms with E-state index in [9.17, 15) is 4.79 Å². The van der Waals surface area contributed by atoms with Crippen LogP contribution in [0.5, 0.6) is 0 Å². The van der Waals surface area contributed by atoms with Gasteiger partial charge >= 0.3 is 5.97 Å². The first-order chi connectivity index (χ1) is 8.65. The van der Waals surface area contributed by atoms with Crippen LogP contribution in [0.3, 0.4) is 0 Å². The molecule has 0 radical (unpaired) electrons. The summed E-state index contributed by atoms with van der Waals surface area (Å²) in [5, 5.41) is 9.05. The van der Waals surface area contributed by atoms with Crippen molar-refractivity contribution in [1.82, 2.24) is 14.8 Å². The third kappa shape index (κ3) is 5.08. The van der Waals surface area contributed by atoms with Gasteiger partial charge in [-0.15, -0.1) is 10.2 Å². The molecule has 6 heteroatoms. The average molecular weight is 271 g/mol. The lowest BCUT2D eigenvalue weighted by Crippen LogP contribution is -2.03. The van der Waals surface area contributed by atoms with Crippen LogP contribution in [0, 0.1) is 6.92 Å². The SMILES string of the molecule is CCOC(=O)CCCCCSc1nnc(C)n1C. The summed E-state index contributed by atoms with van der Waals surface area (Å²) in [6.07, 6.45) is 3.55. The maximum absolute atomic E-state index is 11.1. The fourth-order valence-electron chi connectivity index (χ4n) is 1.46. The predicted molar refractivity (Wildman–Crippen MR) is 71.6 cm³/mol. The number of nitrogens with zero attached hydrogens (tertiary/aromatic N) is 3. The number of carbonyl (C=O) groups excluding carboxylic acids is 1. The Labute approximate surface area is 112 Å². The van der Waals surface area contributed by atoms with Crippen molar-refractivity contribution in [3.05, 3.63) is 5.82 Å². The minimum Gasteiger partial charge on any atom is -0.466 e. The van der Waals surface area contributed by atoms with Crippen LogP contribution in [0.4, 0.5) is 0 Å². The van der Waals surface area contributed by atoms with E-state index in [1.807, 2.05) is 25.5 Å². The quantitative estimate of drug-likeness (QED) is 0.412. The fourth-order valence-corrected chi connectivity index (χ4v) is 2.41. The van der Waals surface area contributed by atoms with Gasteiger partial charge in [-0.25, -0.2) is 0 Å². The minimum atomic E-state index is -0.0888. The summed E-state index contributed by atoms with van der Waals surface area (Å²) < 4.78 is 6.86. The fraction of sp³-hybridized carbons (Fsp3) is 0.750. The van der Waals surface area contributed by atoms with Gasteiger partial charge in [-0.2, -0.15) is 0 Å². The number of unbranched alkanes of at least 4 members (excludes halogenated alkanes) is 2. The molecule has 0 aliphatic heterocycles. The lowest BCUT2D eigenvalue weighted by molar-refractivity contribution is -0.143. The second kappa shape index (κ2) is 8.13. The molecule has 0 aromatic carbocycles. The predicted octanol–water partition coefficient (Wildman–Crippen LogP) is 2.34. The Bertz CT molecular complexity index is 379. The van der Waals surface area contributed by atoms with Gasteiger partial charge in [-0.3, -0.25) is 4.79 Å². The Kier molecular flexibility index (Phi) is 6.78. The molecular formula is C12H21N3O2S. The lowest BCUT2D eigenvalue weighted by Gasteiger charge is -2.02. The molecule has 0 saturated carbocycles. The number of rotatable bonds is 8. The van der Waals surface area contributed by atoms with Crippen LogP contribution < -0.4 is 0 Å². The van der Waals surface area contributed by atoms with Gasteiger partial charge in [-0.05, 0) is 26.7 Å². The maximum atomic E-state index is 11.1. The summed E-state index contributed by atoms with van der Waals surface area (Å²) in [6, 6.07) is 0. The Morgan fingerprint density at radius 1 is 1.33 bits per heavy atom. The highest BCUT2D eigenvalue weighted by Crippen LogP contribution is 2.17. The zero-order valence-electron chi connectivity index (χ0n) is 11.3. The van der Waals surface area contributed by atoms with E-state index in [1.54, 1.807) is 11.8 Å². The standard InChI is InChI=1S/C12H21N3O2S/c1-4-17-11(16)8-6-5-7-9-18-12-14-13-10(2)15(12)3/h4-9H2,1-3H3. The van der Waals surface area contributed by atoms with E-state index in [2.05, 4.69) is 10.2 Å². The van der Waals surface area contributed by atoms with Crippen molar-refractivity contribution in [2.24, 2.45) is 7.05 Å². The highest BCUT2D eigenvalue weighted by molar-refractivity contribution is 7.99. The van der Waals surface area contributed by atoms with Gasteiger partial charge in [0.05, 0.1) is 6.61 Å². The number of thioether (sulfide) groups is 1. The Morgan fingerprint density at radius 3 is 2.72 bits per heavy atom. The van der Waals surface area contributed by atoms with Crippen molar-refractivity contribution in [1.29, 1.82) is 0 Å². The van der Waals surface area contributed by atoms with Crippen molar-refractivity contribution in [3.8, 4) is 0 Å². The van der Waals surface area contributed by atoms with Crippen molar-refractivity contribution >= 4 is 17.7 Å². The molecule has 1 rings (SSSR count). The van der Waals surface area contributed by atoms with Crippen molar-refractivity contribution < 1.29 is 9.53 Å². The number of carbonyl (C=O) groups is 1. The molecular weight excluding hydrogens is 250 g/mol. The molecule has 0 aliphatic carbocycles. The molecule has 1 aromatic heterocycles. The van der Waals surface area contributed by atoms with Gasteiger partial charge in [0.1, 0.15) is 5.82 Å². The topological polar surface area (TPSA) is 57.0 Å². The zero-order valence-corrected chi connectivity index (χ0v) is 12.1. The third-order valence-electron chi connectivity index (χ3n) is 2.61. The first kappa shape index (κ1) is 15.0. The molecule has 0 aliphatic rings. The van der Waals surface area contributed by atoms with E-state index < -0.39 is 0 Å². The second-order valence-corrected chi connectivity index (χ2v) is 5.12. The van der Waals surface area contributed by atoms with Crippen LogP contribution in [0.15, 0.2) is 5.16 Å². The highest BCUT2D eigenvalue weighted by Gasteiger charge is 2.05. The number of aryl methyl sites for hydroxylation is 1. The van der Waals surface area contributed by atoms with Crippen LogP contribution >= 0.6 is 11.8 Å². The normalized spacial score (nSPS) is 10.6. The van der Waals surface area contributed by atoms with Crippen LogP contribution in [0.25, 0.3) is 0 Å². The molecule has 5 nitrogen and oxygen atoms in total. The summed E-state index contributed by atoms with van der Waals surface area (Å²) in [6.45, 7) is 4.24. The van der Waals surface area contributed by atoms with Crippen LogP contribution in [-0.2, 0) is 16.6 Å². The van der Waals surface area contributed by atoms with Crippen molar-refractivity contribution in [2.45, 2.75) is 44.7 Å². The van der Waals surface area contributed by atoms with Gasteiger partial charge in [0.2, 0.25) is 0 Å². The molecule has 0 saturated heterocycles. The van der Waals surface area contributed by atoms with E-state index >= 15 is 0 Å². The number of aromatic nitrogens is 3. The molecule has 0 unspecified atom stereocenters. The summed E-state index contributed by atoms with van der Waals surface area (Å²) in [7, 11) is 1.97. The van der Waals surface area contributed by atoms with E-state index in [0.717, 1.165) is 36.0 Å². The highest BCUT2D eigenvalue weighted by atomic mass is 32.2. The van der Waals surface area contributed by atoms with Gasteiger partial charge in [0.25, 0.3) is 0 Å². The molecule has 0 fully saturated rings. The zero-order chi connectivity index (χ0) is 13.4. The summed E-state index contributed by atoms with van der Waals surface area (Å²) in [5.41, 5.74) is 0. The van der Waals surface area contributed by atoms with Crippen molar-refractivity contribution in [2.75, 3.05) is 12.4 Å². The Hall–Kier alpha value is -1.04. The Balaban J connectivity index is 2.05. The molecule has 0 spiro atoms. The number of hydrogen-bond acceptors (Lipinski definition) is 5. The summed E-state index contributed by atoms with van der Waals surface area (Å²) in [4.78, 5) is 11.1. The first-order valence-electron chi connectivity index (χ1n) is 6.29. The van der Waals surface area contributed by atoms with E-state index in [4.69, 9.17) is 4.74 Å². The van der Waals surface area contributed by atoms with Gasteiger partial charge in [0.15, 0.2) is 5.16 Å². The molecule has 18 heavy (non-hydrogen) atoms. The molecule has 0 bridgehead atoms. The second-order valence-electron chi connectivity index (χ2n) is 4.05. The van der Waals surface area contributed by atoms with Gasteiger partial charge in [0, 0.05) is 19.2 Å².